The van der Waals surface area contributed by atoms with Gasteiger partial charge in [0.2, 0.25) is 11.0 Å². The normalized spacial score (nSPS) is 11.4. The van der Waals surface area contributed by atoms with Crippen LogP contribution in [-0.2, 0) is 14.1 Å². The lowest BCUT2D eigenvalue weighted by Gasteiger charge is -2.13. The second-order valence-electron chi connectivity index (χ2n) is 10.0. The highest BCUT2D eigenvalue weighted by Crippen LogP contribution is 2.33. The second kappa shape index (κ2) is 10.6. The van der Waals surface area contributed by atoms with E-state index < -0.39 is 0 Å². The third kappa shape index (κ3) is 4.90. The number of nitrogens with zero attached hydrogens (tertiary/aromatic N) is 2. The number of hydrogen-bond donors (Lipinski definition) is 4. The average molecular weight is 489 g/mol. The number of fused-ring (bicyclic) bond motifs is 2. The number of nitrogens with one attached hydrogen (secondary N) is 2. The molecule has 4 rings (SSSR count). The summed E-state index contributed by atoms with van der Waals surface area (Å²) in [6, 6.07) is 11.7. The topological polar surface area (TPSA) is 72.3 Å². The Labute approximate surface area is 214 Å². The quantitative estimate of drug-likeness (QED) is 0.189. The van der Waals surface area contributed by atoms with Crippen molar-refractivity contribution in [2.45, 2.75) is 53.4 Å². The lowest BCUT2D eigenvalue weighted by Crippen LogP contribution is -2.33. The first-order valence-electron chi connectivity index (χ1n) is 12.9. The van der Waals surface area contributed by atoms with Crippen molar-refractivity contribution in [1.29, 1.82) is 0 Å². The molecule has 2 aromatic carbocycles. The molecule has 36 heavy (non-hydrogen) atoms. The van der Waals surface area contributed by atoms with Crippen LogP contribution in [0.3, 0.4) is 0 Å². The Bertz CT molecular complexity index is 1320. The summed E-state index contributed by atoms with van der Waals surface area (Å²) in [6.45, 7) is 10.1. The molecule has 0 saturated carbocycles. The Kier molecular flexibility index (Phi) is 7.53. The molecule has 6 nitrogen and oxygen atoms in total. The van der Waals surface area contributed by atoms with E-state index in [1.165, 1.54) is 0 Å². The molecule has 2 heterocycles. The summed E-state index contributed by atoms with van der Waals surface area (Å²) in [5, 5.41) is 30.0. The van der Waals surface area contributed by atoms with Crippen LogP contribution in [0.4, 0.5) is 11.4 Å². The van der Waals surface area contributed by atoms with Gasteiger partial charge in [0.25, 0.3) is 0 Å². The van der Waals surface area contributed by atoms with Crippen LogP contribution in [-0.4, -0.2) is 23.3 Å². The van der Waals surface area contributed by atoms with E-state index in [2.05, 4.69) is 59.6 Å². The third-order valence-corrected chi connectivity index (χ3v) is 7.42. The minimum absolute atomic E-state index is 0.318. The molecule has 0 bridgehead atoms. The van der Waals surface area contributed by atoms with Crippen LogP contribution in [0, 0.1) is 27.7 Å². The molecule has 0 atom stereocenters. The highest BCUT2D eigenvalue weighted by molar-refractivity contribution is 5.97. The number of hydrogen-bond acceptors (Lipinski definition) is 4. The molecule has 0 aliphatic heterocycles. The highest BCUT2D eigenvalue weighted by Gasteiger charge is 2.20. The average Bonchev–Trinajstić information content (AvgIpc) is 2.84. The van der Waals surface area contributed by atoms with Gasteiger partial charge in [-0.15, -0.1) is 0 Å². The Hall–Kier alpha value is -3.54. The van der Waals surface area contributed by atoms with Crippen molar-refractivity contribution in [3.63, 3.8) is 0 Å². The fourth-order valence-electron chi connectivity index (χ4n) is 5.20. The number of anilines is 2. The number of aromatic hydroxyl groups is 2. The number of unbranched alkanes of at least 4 members (excludes halogenated alkanes) is 3. The van der Waals surface area contributed by atoms with Crippen molar-refractivity contribution in [2.24, 2.45) is 14.1 Å². The number of phenols is 2. The zero-order chi connectivity index (χ0) is 26.0. The van der Waals surface area contributed by atoms with E-state index >= 15 is 0 Å². The summed E-state index contributed by atoms with van der Waals surface area (Å²) >= 11 is 0. The van der Waals surface area contributed by atoms with Gasteiger partial charge in [0.1, 0.15) is 36.4 Å². The van der Waals surface area contributed by atoms with Crippen molar-refractivity contribution < 1.29 is 19.3 Å². The fourth-order valence-corrected chi connectivity index (χ4v) is 5.20. The maximum atomic E-state index is 10.5. The van der Waals surface area contributed by atoms with Crippen molar-refractivity contribution in [2.75, 3.05) is 23.7 Å². The van der Waals surface area contributed by atoms with Crippen LogP contribution >= 0.6 is 0 Å². The number of rotatable bonds is 9. The van der Waals surface area contributed by atoms with Gasteiger partial charge in [-0.25, -0.2) is 0 Å². The van der Waals surface area contributed by atoms with Crippen LogP contribution in [0.15, 0.2) is 36.4 Å². The van der Waals surface area contributed by atoms with Crippen molar-refractivity contribution in [3.8, 4) is 11.5 Å². The number of pyridine rings is 2. The molecular formula is C30H40N4O2+2. The van der Waals surface area contributed by atoms with Crippen molar-refractivity contribution in [3.05, 3.63) is 58.9 Å². The summed E-state index contributed by atoms with van der Waals surface area (Å²) in [7, 11) is 4.09. The fraction of sp³-hybridized carbons (Fsp3) is 0.400. The van der Waals surface area contributed by atoms with Crippen LogP contribution in [0.1, 0.15) is 48.2 Å². The third-order valence-electron chi connectivity index (χ3n) is 7.42. The van der Waals surface area contributed by atoms with E-state index in [9.17, 15) is 10.2 Å². The van der Waals surface area contributed by atoms with Gasteiger partial charge in [-0.3, -0.25) is 0 Å². The Balaban J connectivity index is 1.31. The predicted molar refractivity (Wildman–Crippen MR) is 148 cm³/mol. The van der Waals surface area contributed by atoms with Gasteiger partial charge in [0.05, 0.1) is 11.4 Å². The van der Waals surface area contributed by atoms with E-state index in [1.54, 1.807) is 12.1 Å². The molecule has 190 valence electrons. The molecule has 4 N–H and O–H groups in total. The Morgan fingerprint density at radius 1 is 0.611 bits per heavy atom. The van der Waals surface area contributed by atoms with E-state index in [4.69, 9.17) is 0 Å². The van der Waals surface area contributed by atoms with Crippen molar-refractivity contribution >= 4 is 33.2 Å². The minimum atomic E-state index is 0.318. The van der Waals surface area contributed by atoms with Crippen LogP contribution in [0.2, 0.25) is 0 Å². The molecule has 0 fully saturated rings. The predicted octanol–water partition coefficient (Wildman–Crippen LogP) is 5.37. The highest BCUT2D eigenvalue weighted by atomic mass is 16.3. The lowest BCUT2D eigenvalue weighted by molar-refractivity contribution is -0.651. The maximum absolute atomic E-state index is 10.5. The first-order valence-corrected chi connectivity index (χ1v) is 12.9. The summed E-state index contributed by atoms with van der Waals surface area (Å²) < 4.78 is 4.28. The van der Waals surface area contributed by atoms with Gasteiger partial charge >= 0.3 is 0 Å². The molecule has 0 spiro atoms. The van der Waals surface area contributed by atoms with Gasteiger partial charge in [-0.2, -0.15) is 9.13 Å². The summed E-state index contributed by atoms with van der Waals surface area (Å²) in [4.78, 5) is 0. The summed E-state index contributed by atoms with van der Waals surface area (Å²) in [5.41, 5.74) is 8.76. The lowest BCUT2D eigenvalue weighted by atomic mass is 10.1. The number of aromatic nitrogens is 2. The molecule has 0 saturated heterocycles. The van der Waals surface area contributed by atoms with Gasteiger partial charge in [-0.05, 0) is 51.0 Å². The maximum Gasteiger partial charge on any atom is 0.221 e. The van der Waals surface area contributed by atoms with Crippen molar-refractivity contribution in [1.82, 2.24) is 0 Å². The standard InChI is InChI=1S/C30H38N4O2/c1-19-11-13-25(35)27-23(17-21(3)33(5)29(19)27)31-15-9-7-8-10-16-32-24-18-22(4)34(6)30-20(2)12-14-26(36)28(24)30/h11-14,17-18H,7-10,15-16H2,1-6H3,(H2,31,32,35,36)/p+2. The second-order valence-corrected chi connectivity index (χ2v) is 10.0. The van der Waals surface area contributed by atoms with E-state index in [0.717, 1.165) is 94.5 Å². The SMILES string of the molecule is Cc1ccc(O)c2c(NCCCCCCNc3cc(C)[n+](C)c4c(C)ccc(O)c34)cc(C)[n+](C)c12. The molecule has 0 radical (unpaired) electrons. The van der Waals surface area contributed by atoms with Crippen LogP contribution < -0.4 is 19.8 Å². The Morgan fingerprint density at radius 3 is 1.39 bits per heavy atom. The van der Waals surface area contributed by atoms with Crippen LogP contribution in [0.5, 0.6) is 11.5 Å². The Morgan fingerprint density at radius 2 is 1.00 bits per heavy atom. The smallest absolute Gasteiger partial charge is 0.221 e. The van der Waals surface area contributed by atoms with Gasteiger partial charge in [-0.1, -0.05) is 12.8 Å². The first kappa shape index (κ1) is 25.5. The zero-order valence-corrected chi connectivity index (χ0v) is 22.5. The number of aryl methyl sites for hydroxylation is 6. The summed E-state index contributed by atoms with van der Waals surface area (Å²) in [6.07, 6.45) is 4.39. The molecule has 0 unspecified atom stereocenters. The minimum Gasteiger partial charge on any atom is -0.507 e. The van der Waals surface area contributed by atoms with E-state index in [1.807, 2.05) is 26.2 Å². The molecule has 0 aliphatic rings. The summed E-state index contributed by atoms with van der Waals surface area (Å²) in [5.74, 6) is 0.636. The van der Waals surface area contributed by atoms with Crippen LogP contribution in [0.25, 0.3) is 21.8 Å². The van der Waals surface area contributed by atoms with E-state index in [0.29, 0.717) is 11.5 Å². The zero-order valence-electron chi connectivity index (χ0n) is 22.5. The molecule has 0 aliphatic carbocycles. The number of benzene rings is 2. The first-order chi connectivity index (χ1) is 17.2. The molecule has 2 aromatic heterocycles. The molecular weight excluding hydrogens is 448 g/mol. The van der Waals surface area contributed by atoms with Gasteiger partial charge < -0.3 is 20.8 Å². The molecule has 4 aromatic rings. The number of phenolic OH excluding ortho intramolecular Hbond substituents is 2. The van der Waals surface area contributed by atoms with Gasteiger partial charge in [0.15, 0.2) is 11.4 Å². The van der Waals surface area contributed by atoms with E-state index in [-0.39, 0.29) is 0 Å². The molecule has 6 heteroatoms. The van der Waals surface area contributed by atoms with Gasteiger partial charge in [0, 0.05) is 50.2 Å². The monoisotopic (exact) mass is 488 g/mol. The largest absolute Gasteiger partial charge is 0.507 e. The molecule has 0 amide bonds.